The first-order valence-electron chi connectivity index (χ1n) is 8.11. The summed E-state index contributed by atoms with van der Waals surface area (Å²) in [5.74, 6) is -0.939. The minimum atomic E-state index is -3.37. The zero-order valence-corrected chi connectivity index (χ0v) is 16.9. The molecule has 0 aliphatic carbocycles. The maximum absolute atomic E-state index is 11.9. The van der Waals surface area contributed by atoms with Gasteiger partial charge in [0.2, 0.25) is 0 Å². The summed E-state index contributed by atoms with van der Waals surface area (Å²) in [5, 5.41) is 2.51. The van der Waals surface area contributed by atoms with Gasteiger partial charge < -0.3 is 10.1 Å². The molecule has 2 aromatic carbocycles. The normalized spacial score (nSPS) is 11.1. The van der Waals surface area contributed by atoms with Gasteiger partial charge in [-0.25, -0.2) is 8.42 Å². The van der Waals surface area contributed by atoms with Gasteiger partial charge in [-0.2, -0.15) is 0 Å². The molecule has 0 bridgehead atoms. The number of amides is 1. The van der Waals surface area contributed by atoms with E-state index >= 15 is 0 Å². The van der Waals surface area contributed by atoms with Crippen LogP contribution in [0.4, 0.5) is 5.69 Å². The van der Waals surface area contributed by atoms with Crippen LogP contribution in [0.1, 0.15) is 11.1 Å². The number of aryl methyl sites for hydroxylation is 2. The van der Waals surface area contributed by atoms with E-state index in [0.717, 1.165) is 22.3 Å². The molecule has 0 saturated heterocycles. The second kappa shape index (κ2) is 9.05. The molecule has 0 heterocycles. The van der Waals surface area contributed by atoms with Crippen molar-refractivity contribution in [3.8, 4) is 0 Å². The van der Waals surface area contributed by atoms with Crippen molar-refractivity contribution in [3.63, 3.8) is 0 Å². The lowest BCUT2D eigenvalue weighted by atomic mass is 10.2. The smallest absolute Gasteiger partial charge is 0.316 e. The molecule has 144 valence electrons. The van der Waals surface area contributed by atoms with Crippen LogP contribution in [-0.2, 0) is 24.2 Å². The molecule has 2 aromatic rings. The van der Waals surface area contributed by atoms with Crippen LogP contribution in [0.3, 0.4) is 0 Å². The van der Waals surface area contributed by atoms with Gasteiger partial charge in [-0.3, -0.25) is 9.59 Å². The lowest BCUT2D eigenvalue weighted by Gasteiger charge is -2.09. The Morgan fingerprint density at radius 1 is 1.11 bits per heavy atom. The number of benzene rings is 2. The van der Waals surface area contributed by atoms with Crippen LogP contribution in [-0.4, -0.2) is 38.9 Å². The summed E-state index contributed by atoms with van der Waals surface area (Å²) in [7, 11) is -3.37. The minimum Gasteiger partial charge on any atom is -0.455 e. The fraction of sp³-hybridized carbons (Fsp3) is 0.263. The van der Waals surface area contributed by atoms with Gasteiger partial charge in [-0.1, -0.05) is 23.8 Å². The molecule has 2 rings (SSSR count). The molecular weight excluding hydrogens is 386 g/mol. The number of rotatable bonds is 7. The van der Waals surface area contributed by atoms with E-state index in [1.807, 2.05) is 32.0 Å². The Hall–Kier alpha value is -2.32. The zero-order valence-electron chi connectivity index (χ0n) is 15.3. The molecule has 0 saturated carbocycles. The van der Waals surface area contributed by atoms with E-state index in [-0.39, 0.29) is 10.6 Å². The number of nitrogens with one attached hydrogen (secondary N) is 1. The Labute approximate surface area is 163 Å². The number of anilines is 1. The SMILES string of the molecule is Cc1ccc(SCC(=O)OCC(=O)Nc2cccc(S(C)(=O)=O)c2)c(C)c1. The highest BCUT2D eigenvalue weighted by Crippen LogP contribution is 2.23. The summed E-state index contributed by atoms with van der Waals surface area (Å²) in [6.07, 6.45) is 1.09. The van der Waals surface area contributed by atoms with Crippen LogP contribution in [0.5, 0.6) is 0 Å². The van der Waals surface area contributed by atoms with Crippen molar-refractivity contribution in [1.82, 2.24) is 0 Å². The molecule has 8 heteroatoms. The third-order valence-corrected chi connectivity index (χ3v) is 5.85. The first-order chi connectivity index (χ1) is 12.6. The second-order valence-corrected chi connectivity index (χ2v) is 9.10. The van der Waals surface area contributed by atoms with Crippen LogP contribution in [0.2, 0.25) is 0 Å². The second-order valence-electron chi connectivity index (χ2n) is 6.07. The van der Waals surface area contributed by atoms with Gasteiger partial charge >= 0.3 is 5.97 Å². The number of thioether (sulfide) groups is 1. The van der Waals surface area contributed by atoms with Gasteiger partial charge in [0.1, 0.15) is 0 Å². The quantitative estimate of drug-likeness (QED) is 0.561. The van der Waals surface area contributed by atoms with Crippen molar-refractivity contribution >= 4 is 39.2 Å². The Morgan fingerprint density at radius 3 is 2.52 bits per heavy atom. The number of hydrogen-bond donors (Lipinski definition) is 1. The van der Waals surface area contributed by atoms with Gasteiger partial charge in [0, 0.05) is 16.8 Å². The van der Waals surface area contributed by atoms with E-state index in [4.69, 9.17) is 4.74 Å². The molecule has 0 aliphatic heterocycles. The van der Waals surface area contributed by atoms with E-state index in [9.17, 15) is 18.0 Å². The van der Waals surface area contributed by atoms with Crippen LogP contribution in [0, 0.1) is 13.8 Å². The van der Waals surface area contributed by atoms with E-state index in [2.05, 4.69) is 5.32 Å². The van der Waals surface area contributed by atoms with Crippen molar-refractivity contribution in [3.05, 3.63) is 53.6 Å². The Bertz CT molecular complexity index is 954. The van der Waals surface area contributed by atoms with Crippen LogP contribution >= 0.6 is 11.8 Å². The summed E-state index contributed by atoms with van der Waals surface area (Å²) in [6, 6.07) is 11.8. The Kier molecular flexibility index (Phi) is 7.04. The standard InChI is InChI=1S/C19H21NO5S2/c1-13-7-8-17(14(2)9-13)26-12-19(22)25-11-18(21)20-15-5-4-6-16(10-15)27(3,23)24/h4-10H,11-12H2,1-3H3,(H,20,21). The summed E-state index contributed by atoms with van der Waals surface area (Å²) in [4.78, 5) is 24.8. The maximum Gasteiger partial charge on any atom is 0.316 e. The summed E-state index contributed by atoms with van der Waals surface area (Å²) in [5.41, 5.74) is 2.55. The first-order valence-corrected chi connectivity index (χ1v) is 11.0. The molecule has 1 N–H and O–H groups in total. The number of carbonyl (C=O) groups excluding carboxylic acids is 2. The number of esters is 1. The Balaban J connectivity index is 1.82. The van der Waals surface area contributed by atoms with Crippen molar-refractivity contribution in [1.29, 1.82) is 0 Å². The summed E-state index contributed by atoms with van der Waals surface area (Å²) >= 11 is 1.35. The van der Waals surface area contributed by atoms with Crippen molar-refractivity contribution in [2.75, 3.05) is 23.9 Å². The highest BCUT2D eigenvalue weighted by atomic mass is 32.2. The predicted molar refractivity (Wildman–Crippen MR) is 106 cm³/mol. The lowest BCUT2D eigenvalue weighted by molar-refractivity contribution is -0.144. The minimum absolute atomic E-state index is 0.0980. The molecule has 27 heavy (non-hydrogen) atoms. The highest BCUT2D eigenvalue weighted by Gasteiger charge is 2.11. The maximum atomic E-state index is 11.9. The van der Waals surface area contributed by atoms with Crippen molar-refractivity contribution < 1.29 is 22.7 Å². The number of sulfone groups is 1. The third-order valence-electron chi connectivity index (χ3n) is 3.59. The van der Waals surface area contributed by atoms with Crippen LogP contribution < -0.4 is 5.32 Å². The molecule has 0 aliphatic rings. The number of hydrogen-bond acceptors (Lipinski definition) is 6. The topological polar surface area (TPSA) is 89.5 Å². The molecule has 1 amide bonds. The molecule has 0 fully saturated rings. The first kappa shape index (κ1) is 21.0. The predicted octanol–water partition coefficient (Wildman–Crippen LogP) is 2.98. The van der Waals surface area contributed by atoms with Gasteiger partial charge in [0.05, 0.1) is 10.6 Å². The van der Waals surface area contributed by atoms with Gasteiger partial charge in [0.25, 0.3) is 5.91 Å². The van der Waals surface area contributed by atoms with Gasteiger partial charge in [-0.05, 0) is 43.7 Å². The van der Waals surface area contributed by atoms with E-state index < -0.39 is 28.3 Å². The monoisotopic (exact) mass is 407 g/mol. The lowest BCUT2D eigenvalue weighted by Crippen LogP contribution is -2.21. The number of ether oxygens (including phenoxy) is 1. The highest BCUT2D eigenvalue weighted by molar-refractivity contribution is 8.00. The van der Waals surface area contributed by atoms with Crippen LogP contribution in [0.15, 0.2) is 52.3 Å². The van der Waals surface area contributed by atoms with Crippen LogP contribution in [0.25, 0.3) is 0 Å². The summed E-state index contributed by atoms with van der Waals surface area (Å²) in [6.45, 7) is 3.54. The summed E-state index contributed by atoms with van der Waals surface area (Å²) < 4.78 is 28.0. The van der Waals surface area contributed by atoms with E-state index in [1.54, 1.807) is 6.07 Å². The van der Waals surface area contributed by atoms with Gasteiger partial charge in [-0.15, -0.1) is 11.8 Å². The van der Waals surface area contributed by atoms with Gasteiger partial charge in [0.15, 0.2) is 16.4 Å². The average Bonchev–Trinajstić information content (AvgIpc) is 2.58. The number of carbonyl (C=O) groups is 2. The van der Waals surface area contributed by atoms with E-state index in [1.165, 1.54) is 30.0 Å². The molecule has 6 nitrogen and oxygen atoms in total. The molecule has 0 radical (unpaired) electrons. The molecule has 0 spiro atoms. The molecule has 0 unspecified atom stereocenters. The third kappa shape index (κ3) is 6.73. The molecule has 0 atom stereocenters. The zero-order chi connectivity index (χ0) is 20.0. The van der Waals surface area contributed by atoms with Crippen molar-refractivity contribution in [2.24, 2.45) is 0 Å². The molecular formula is C19H21NO5S2. The average molecular weight is 408 g/mol. The largest absolute Gasteiger partial charge is 0.455 e. The fourth-order valence-electron chi connectivity index (χ4n) is 2.29. The van der Waals surface area contributed by atoms with Crippen molar-refractivity contribution in [2.45, 2.75) is 23.6 Å². The Morgan fingerprint density at radius 2 is 1.85 bits per heavy atom. The fourth-order valence-corrected chi connectivity index (χ4v) is 3.76. The molecule has 0 aromatic heterocycles. The van der Waals surface area contributed by atoms with E-state index in [0.29, 0.717) is 5.69 Å².